The minimum atomic E-state index is -1.37. The van der Waals surface area contributed by atoms with Crippen molar-refractivity contribution in [2.45, 2.75) is 52.2 Å². The van der Waals surface area contributed by atoms with Gasteiger partial charge in [-0.1, -0.05) is 32.9 Å². The molecule has 0 saturated carbocycles. The highest BCUT2D eigenvalue weighted by Gasteiger charge is 2.25. The summed E-state index contributed by atoms with van der Waals surface area (Å²) in [6.07, 6.45) is -0.736. The molecule has 0 saturated heterocycles. The summed E-state index contributed by atoms with van der Waals surface area (Å²) in [5, 5.41) is 52.6. The number of ether oxygens (including phenoxy) is 4. The third-order valence-corrected chi connectivity index (χ3v) is 7.24. The summed E-state index contributed by atoms with van der Waals surface area (Å²) in [6.45, 7) is 6.99. The molecule has 0 radical (unpaired) electrons. The van der Waals surface area contributed by atoms with Crippen molar-refractivity contribution in [2.24, 2.45) is 0 Å². The van der Waals surface area contributed by atoms with Gasteiger partial charge in [-0.15, -0.1) is 0 Å². The predicted molar refractivity (Wildman–Crippen MR) is 185 cm³/mol. The lowest BCUT2D eigenvalue weighted by molar-refractivity contribution is 0.0123. The van der Waals surface area contributed by atoms with Crippen molar-refractivity contribution < 1.29 is 49.3 Å². The fraction of sp³-hybridized carbons (Fsp3) is 0.389. The number of phenolic OH excluding ortho intramolecular Hbond substituents is 2. The van der Waals surface area contributed by atoms with Crippen LogP contribution in [0.3, 0.4) is 0 Å². The van der Waals surface area contributed by atoms with Gasteiger partial charge in [-0.05, 0) is 61.2 Å². The van der Waals surface area contributed by atoms with Gasteiger partial charge in [0.05, 0.1) is 30.0 Å². The third kappa shape index (κ3) is 10.5. The predicted octanol–water partition coefficient (Wildman–Crippen LogP) is 5.33. The summed E-state index contributed by atoms with van der Waals surface area (Å²) in [6, 6.07) is 15.6. The molecule has 3 aromatic carbocycles. The lowest BCUT2D eigenvalue weighted by atomic mass is 10.1. The lowest BCUT2D eigenvalue weighted by Gasteiger charge is -2.19. The summed E-state index contributed by atoms with van der Waals surface area (Å²) < 4.78 is 21.9. The Bertz CT molecular complexity index is 1600. The Morgan fingerprint density at radius 2 is 1.18 bits per heavy atom. The van der Waals surface area contributed by atoms with Crippen molar-refractivity contribution in [2.75, 3.05) is 44.5 Å². The smallest absolute Gasteiger partial charge is 0.418 e. The van der Waals surface area contributed by atoms with E-state index in [0.717, 1.165) is 29.7 Å². The maximum atomic E-state index is 12.6. The van der Waals surface area contributed by atoms with Crippen LogP contribution in [0.1, 0.15) is 39.2 Å². The lowest BCUT2D eigenvalue weighted by Crippen LogP contribution is -2.26. The molecule has 0 bridgehead atoms. The molecule has 1 heterocycles. The maximum Gasteiger partial charge on any atom is 0.418 e. The molecule has 0 aliphatic rings. The third-order valence-electron chi connectivity index (χ3n) is 7.24. The number of aliphatic hydroxyl groups excluding tert-OH is 2. The molecule has 50 heavy (non-hydrogen) atoms. The van der Waals surface area contributed by atoms with E-state index in [1.165, 1.54) is 24.3 Å². The van der Waals surface area contributed by atoms with Gasteiger partial charge in [0.1, 0.15) is 48.4 Å². The van der Waals surface area contributed by atoms with E-state index in [2.05, 4.69) is 15.0 Å². The number of carbonyl (C=O) groups is 1. The van der Waals surface area contributed by atoms with Crippen LogP contribution >= 0.6 is 0 Å². The molecule has 14 heteroatoms. The number of aliphatic hydroxyl groups is 2. The molecular formula is C36H44N4O10. The van der Waals surface area contributed by atoms with Crippen molar-refractivity contribution in [3.05, 3.63) is 66.2 Å². The normalized spacial score (nSPS) is 12.3. The first kappa shape index (κ1) is 37.8. The quantitative estimate of drug-likeness (QED) is 0.0792. The molecule has 5 N–H and O–H groups in total. The van der Waals surface area contributed by atoms with Gasteiger partial charge in [-0.3, -0.25) is 0 Å². The molecule has 0 spiro atoms. The first-order valence-corrected chi connectivity index (χ1v) is 16.4. The zero-order valence-electron chi connectivity index (χ0n) is 28.4. The second-order valence-corrected chi connectivity index (χ2v) is 11.4. The van der Waals surface area contributed by atoms with E-state index in [-0.39, 0.29) is 83.8 Å². The monoisotopic (exact) mass is 692 g/mol. The Morgan fingerprint density at radius 1 is 0.700 bits per heavy atom. The van der Waals surface area contributed by atoms with Gasteiger partial charge in [0.25, 0.3) is 0 Å². The number of hydrogen-bond acceptors (Lipinski definition) is 12. The molecule has 1 amide bonds. The van der Waals surface area contributed by atoms with Crippen LogP contribution in [0.2, 0.25) is 0 Å². The minimum absolute atomic E-state index is 0.0719. The summed E-state index contributed by atoms with van der Waals surface area (Å²) in [5.41, 5.74) is 1.51. The van der Waals surface area contributed by atoms with E-state index in [1.807, 2.05) is 20.8 Å². The number of rotatable bonds is 19. The molecule has 4 rings (SSSR count). The van der Waals surface area contributed by atoms with Crippen LogP contribution in [0.5, 0.6) is 23.0 Å². The number of benzene rings is 3. The average Bonchev–Trinajstić information content (AvgIpc) is 3.10. The molecule has 2 unspecified atom stereocenters. The molecule has 268 valence electrons. The summed E-state index contributed by atoms with van der Waals surface area (Å²) in [5.74, 6) is -0.521. The van der Waals surface area contributed by atoms with Crippen molar-refractivity contribution in [1.82, 2.24) is 15.0 Å². The van der Waals surface area contributed by atoms with E-state index < -0.39 is 18.3 Å². The first-order valence-electron chi connectivity index (χ1n) is 16.4. The minimum Gasteiger partial charge on any atom is -0.507 e. The molecule has 14 nitrogen and oxygen atoms in total. The van der Waals surface area contributed by atoms with Gasteiger partial charge in [-0.2, -0.15) is 9.97 Å². The van der Waals surface area contributed by atoms with E-state index in [9.17, 15) is 30.3 Å². The van der Waals surface area contributed by atoms with Gasteiger partial charge < -0.3 is 44.5 Å². The van der Waals surface area contributed by atoms with Gasteiger partial charge in [-0.25, -0.2) is 14.7 Å². The van der Waals surface area contributed by atoms with Crippen LogP contribution < -0.4 is 14.4 Å². The topological polar surface area (TPSA) is 197 Å². The first-order chi connectivity index (χ1) is 24.1. The number of aromatic hydroxyl groups is 2. The van der Waals surface area contributed by atoms with Crippen LogP contribution in [0, 0.1) is 0 Å². The van der Waals surface area contributed by atoms with Crippen LogP contribution in [0.15, 0.2) is 60.7 Å². The Labute approximate surface area is 290 Å². The highest BCUT2D eigenvalue weighted by atomic mass is 16.5. The van der Waals surface area contributed by atoms with Crippen molar-refractivity contribution in [3.63, 3.8) is 0 Å². The summed E-state index contributed by atoms with van der Waals surface area (Å²) in [4.78, 5) is 26.8. The van der Waals surface area contributed by atoms with Crippen LogP contribution in [-0.2, 0) is 15.9 Å². The van der Waals surface area contributed by atoms with E-state index in [0.29, 0.717) is 13.2 Å². The molecular weight excluding hydrogens is 648 g/mol. The van der Waals surface area contributed by atoms with Gasteiger partial charge in [0.15, 0.2) is 11.6 Å². The van der Waals surface area contributed by atoms with Crippen molar-refractivity contribution in [3.8, 4) is 45.8 Å². The van der Waals surface area contributed by atoms with Crippen LogP contribution in [0.4, 0.5) is 16.4 Å². The number of aryl methyl sites for hydroxylation is 1. The van der Waals surface area contributed by atoms with Crippen LogP contribution in [0.25, 0.3) is 22.8 Å². The van der Waals surface area contributed by atoms with Gasteiger partial charge >= 0.3 is 6.09 Å². The Balaban J connectivity index is 1.69. The number of amides is 1. The second-order valence-electron chi connectivity index (χ2n) is 11.4. The molecule has 0 aliphatic carbocycles. The fourth-order valence-electron chi connectivity index (χ4n) is 4.69. The zero-order chi connectivity index (χ0) is 36.0. The summed E-state index contributed by atoms with van der Waals surface area (Å²) in [7, 11) is 0. The number of anilines is 2. The highest BCUT2D eigenvalue weighted by Crippen LogP contribution is 2.36. The highest BCUT2D eigenvalue weighted by molar-refractivity contribution is 5.93. The SMILES string of the molecule is CCCOCC(O)COc1ccc(-c2nc(-c3ccc(OCC(O)COCCC)cc3O)nc(N(C(=O)O)c3ccc(CC)cc3)n2)c(O)c1. The molecule has 4 aromatic rings. The number of carboxylic acid groups (broad SMARTS) is 1. The number of aromatic nitrogens is 3. The fourth-order valence-corrected chi connectivity index (χ4v) is 4.69. The average molecular weight is 693 g/mol. The van der Waals surface area contributed by atoms with Gasteiger partial charge in [0.2, 0.25) is 5.95 Å². The summed E-state index contributed by atoms with van der Waals surface area (Å²) >= 11 is 0. The second kappa shape index (κ2) is 18.7. The van der Waals surface area contributed by atoms with E-state index >= 15 is 0 Å². The maximum absolute atomic E-state index is 12.6. The van der Waals surface area contributed by atoms with Crippen molar-refractivity contribution in [1.29, 1.82) is 0 Å². The van der Waals surface area contributed by atoms with Crippen molar-refractivity contribution >= 4 is 17.7 Å². The largest absolute Gasteiger partial charge is 0.507 e. The Morgan fingerprint density at radius 3 is 1.58 bits per heavy atom. The number of phenols is 2. The van der Waals surface area contributed by atoms with Gasteiger partial charge in [0, 0.05) is 25.3 Å². The molecule has 2 atom stereocenters. The standard InChI is InChI=1S/C36H44N4O10/c1-4-15-47-19-25(41)21-49-27-11-13-29(31(43)17-27)33-37-34(30-14-12-28(18-32(30)44)50-22-26(42)20-48-16-5-2)39-35(38-33)40(36(45)46)24-9-7-23(6-3)8-10-24/h7-14,17-18,25-26,41-44H,4-6,15-16,19-22H2,1-3H3,(H,45,46). The number of hydrogen-bond donors (Lipinski definition) is 5. The Hall–Kier alpha value is -5.02. The molecule has 0 aliphatic heterocycles. The zero-order valence-corrected chi connectivity index (χ0v) is 28.4. The molecule has 0 fully saturated rings. The number of nitrogens with zero attached hydrogens (tertiary/aromatic N) is 4. The van der Waals surface area contributed by atoms with Crippen LogP contribution in [-0.4, -0.2) is 98.4 Å². The Kier molecular flexibility index (Phi) is 14.1. The molecule has 1 aromatic heterocycles. The van der Waals surface area contributed by atoms with E-state index in [4.69, 9.17) is 18.9 Å². The van der Waals surface area contributed by atoms with E-state index in [1.54, 1.807) is 36.4 Å².